The van der Waals surface area contributed by atoms with Crippen LogP contribution < -0.4 is 9.80 Å². The molecule has 0 bridgehead atoms. The summed E-state index contributed by atoms with van der Waals surface area (Å²) >= 11 is 0. The number of ketones is 1. The van der Waals surface area contributed by atoms with Crippen LogP contribution in [0.15, 0.2) is 18.2 Å². The maximum atomic E-state index is 11.1. The Morgan fingerprint density at radius 1 is 1.53 bits per heavy atom. The predicted octanol–water partition coefficient (Wildman–Crippen LogP) is 1.00. The molecule has 1 aliphatic rings. The fourth-order valence-corrected chi connectivity index (χ4v) is 1.36. The van der Waals surface area contributed by atoms with Crippen molar-refractivity contribution in [2.45, 2.75) is 6.92 Å². The Morgan fingerprint density at radius 2 is 2.27 bits per heavy atom. The van der Waals surface area contributed by atoms with Gasteiger partial charge in [-0.05, 0) is 25.1 Å². The molecule has 0 radical (unpaired) electrons. The predicted molar refractivity (Wildman–Crippen MR) is 51.2 cm³/mol. The van der Waals surface area contributed by atoms with Crippen LogP contribution in [0.3, 0.4) is 0 Å². The molecule has 1 aliphatic heterocycles. The van der Waals surface area contributed by atoms with Crippen LogP contribution in [0.5, 0.6) is 5.75 Å². The molecule has 1 amide bonds. The number of hydroxylamine groups is 1. The molecule has 0 spiro atoms. The first kappa shape index (κ1) is 9.67. The normalized spacial score (nSPS) is 14.5. The molecule has 0 fully saturated rings. The summed E-state index contributed by atoms with van der Waals surface area (Å²) in [6.07, 6.45) is 0. The van der Waals surface area contributed by atoms with E-state index >= 15 is 0 Å². The van der Waals surface area contributed by atoms with Crippen LogP contribution in [0, 0.1) is 0 Å². The quantitative estimate of drug-likeness (QED) is 0.551. The van der Waals surface area contributed by atoms with Crippen LogP contribution in [0.2, 0.25) is 0 Å². The van der Waals surface area contributed by atoms with Crippen molar-refractivity contribution in [1.29, 1.82) is 0 Å². The molecule has 78 valence electrons. The molecule has 0 aromatic heterocycles. The fraction of sp³-hybridized carbons (Fsp3) is 0.200. The molecule has 1 aromatic rings. The standard InChI is InChI=1S/C10H9NO4/c1-6(12)7-2-3-8-9(4-7)15-5-10(13)11(8)14/h2-4,14H,5H2,1H3. The van der Waals surface area contributed by atoms with Gasteiger partial charge < -0.3 is 4.74 Å². The molecule has 1 N–H and O–H groups in total. The van der Waals surface area contributed by atoms with Crippen molar-refractivity contribution in [1.82, 2.24) is 0 Å². The van der Waals surface area contributed by atoms with Crippen molar-refractivity contribution in [2.75, 3.05) is 11.7 Å². The third-order valence-electron chi connectivity index (χ3n) is 2.18. The number of anilines is 1. The van der Waals surface area contributed by atoms with Crippen molar-refractivity contribution in [3.05, 3.63) is 23.8 Å². The third-order valence-corrected chi connectivity index (χ3v) is 2.18. The molecule has 0 atom stereocenters. The minimum absolute atomic E-state index is 0.0946. The van der Waals surface area contributed by atoms with Gasteiger partial charge in [0.1, 0.15) is 11.4 Å². The first-order valence-corrected chi connectivity index (χ1v) is 4.39. The van der Waals surface area contributed by atoms with Crippen LogP contribution in [0.4, 0.5) is 5.69 Å². The Kier molecular flexibility index (Phi) is 2.17. The highest BCUT2D eigenvalue weighted by Crippen LogP contribution is 2.31. The first-order valence-electron chi connectivity index (χ1n) is 4.39. The molecular weight excluding hydrogens is 198 g/mol. The highest BCUT2D eigenvalue weighted by molar-refractivity contribution is 5.99. The summed E-state index contributed by atoms with van der Waals surface area (Å²) in [6, 6.07) is 4.52. The molecule has 0 unspecified atom stereocenters. The second-order valence-corrected chi connectivity index (χ2v) is 3.23. The monoisotopic (exact) mass is 207 g/mol. The first-order chi connectivity index (χ1) is 7.09. The Bertz CT molecular complexity index is 441. The zero-order valence-corrected chi connectivity index (χ0v) is 8.06. The Morgan fingerprint density at radius 3 is 2.93 bits per heavy atom. The number of rotatable bonds is 1. The Hall–Kier alpha value is -1.88. The van der Waals surface area contributed by atoms with E-state index in [0.717, 1.165) is 0 Å². The highest BCUT2D eigenvalue weighted by atomic mass is 16.5. The summed E-state index contributed by atoms with van der Waals surface area (Å²) < 4.78 is 5.09. The molecule has 1 aromatic carbocycles. The lowest BCUT2D eigenvalue weighted by molar-refractivity contribution is -0.126. The second-order valence-electron chi connectivity index (χ2n) is 3.23. The van der Waals surface area contributed by atoms with Gasteiger partial charge in [-0.15, -0.1) is 0 Å². The van der Waals surface area contributed by atoms with Crippen LogP contribution in [-0.4, -0.2) is 23.5 Å². The average molecular weight is 207 g/mol. The minimum Gasteiger partial charge on any atom is -0.481 e. The van der Waals surface area contributed by atoms with Gasteiger partial charge in [-0.3, -0.25) is 14.8 Å². The molecule has 0 saturated carbocycles. The van der Waals surface area contributed by atoms with Crippen molar-refractivity contribution in [3.63, 3.8) is 0 Å². The fourth-order valence-electron chi connectivity index (χ4n) is 1.36. The molecule has 5 nitrogen and oxygen atoms in total. The smallest absolute Gasteiger partial charge is 0.288 e. The van der Waals surface area contributed by atoms with Gasteiger partial charge in [-0.25, -0.2) is 0 Å². The van der Waals surface area contributed by atoms with Crippen molar-refractivity contribution in [2.24, 2.45) is 0 Å². The van der Waals surface area contributed by atoms with Crippen LogP contribution >= 0.6 is 0 Å². The van der Waals surface area contributed by atoms with E-state index in [2.05, 4.69) is 0 Å². The summed E-state index contributed by atoms with van der Waals surface area (Å²) in [4.78, 5) is 22.1. The third kappa shape index (κ3) is 1.57. The lowest BCUT2D eigenvalue weighted by Crippen LogP contribution is -2.36. The largest absolute Gasteiger partial charge is 0.481 e. The SMILES string of the molecule is CC(=O)c1ccc2c(c1)OCC(=O)N2O. The molecule has 0 saturated heterocycles. The van der Waals surface area contributed by atoms with Crippen molar-refractivity contribution >= 4 is 17.4 Å². The minimum atomic E-state index is -0.530. The zero-order chi connectivity index (χ0) is 11.0. The summed E-state index contributed by atoms with van der Waals surface area (Å²) in [7, 11) is 0. The summed E-state index contributed by atoms with van der Waals surface area (Å²) in [6.45, 7) is 1.22. The number of carbonyl (C=O) groups is 2. The Labute approximate surface area is 85.8 Å². The number of Topliss-reactive ketones (excluding diaryl/α,β-unsaturated/α-hetero) is 1. The molecular formula is C10H9NO4. The number of benzene rings is 1. The number of fused-ring (bicyclic) bond motifs is 1. The van der Waals surface area contributed by atoms with E-state index in [1.807, 2.05) is 0 Å². The van der Waals surface area contributed by atoms with E-state index in [-0.39, 0.29) is 18.1 Å². The summed E-state index contributed by atoms with van der Waals surface area (Å²) in [5.41, 5.74) is 0.743. The van der Waals surface area contributed by atoms with Crippen molar-refractivity contribution in [3.8, 4) is 5.75 Å². The number of nitrogens with zero attached hydrogens (tertiary/aromatic N) is 1. The van der Waals surface area contributed by atoms with Gasteiger partial charge in [-0.1, -0.05) is 0 Å². The van der Waals surface area contributed by atoms with Crippen LogP contribution in [0.1, 0.15) is 17.3 Å². The number of hydrogen-bond acceptors (Lipinski definition) is 4. The van der Waals surface area contributed by atoms with Gasteiger partial charge in [0.05, 0.1) is 0 Å². The summed E-state index contributed by atoms with van der Waals surface area (Å²) in [5, 5.41) is 9.91. The number of ether oxygens (including phenoxy) is 1. The van der Waals surface area contributed by atoms with E-state index in [4.69, 9.17) is 4.74 Å². The van der Waals surface area contributed by atoms with Gasteiger partial charge in [0.15, 0.2) is 12.4 Å². The number of amides is 1. The zero-order valence-electron chi connectivity index (χ0n) is 8.06. The molecule has 1 heterocycles. The lowest BCUT2D eigenvalue weighted by atomic mass is 10.1. The summed E-state index contributed by atoms with van der Waals surface area (Å²) in [5.74, 6) is -0.286. The van der Waals surface area contributed by atoms with E-state index in [1.165, 1.54) is 25.1 Å². The van der Waals surface area contributed by atoms with E-state index < -0.39 is 5.91 Å². The number of hydrogen-bond donors (Lipinski definition) is 1. The van der Waals surface area contributed by atoms with Gasteiger partial charge >= 0.3 is 0 Å². The highest BCUT2D eigenvalue weighted by Gasteiger charge is 2.24. The second kappa shape index (κ2) is 3.36. The van der Waals surface area contributed by atoms with Gasteiger partial charge in [0.2, 0.25) is 0 Å². The van der Waals surface area contributed by atoms with Gasteiger partial charge in [-0.2, -0.15) is 5.06 Å². The maximum absolute atomic E-state index is 11.1. The number of carbonyl (C=O) groups excluding carboxylic acids is 2. The Balaban J connectivity index is 2.47. The average Bonchev–Trinajstić information content (AvgIpc) is 2.23. The molecule has 0 aliphatic carbocycles. The molecule has 2 rings (SSSR count). The lowest BCUT2D eigenvalue weighted by Gasteiger charge is -2.23. The van der Waals surface area contributed by atoms with Crippen molar-refractivity contribution < 1.29 is 19.5 Å². The van der Waals surface area contributed by atoms with E-state index in [9.17, 15) is 14.8 Å². The van der Waals surface area contributed by atoms with Crippen LogP contribution in [0.25, 0.3) is 0 Å². The maximum Gasteiger partial charge on any atom is 0.288 e. The van der Waals surface area contributed by atoms with Gasteiger partial charge in [0, 0.05) is 5.56 Å². The van der Waals surface area contributed by atoms with E-state index in [1.54, 1.807) is 0 Å². The topological polar surface area (TPSA) is 66.8 Å². The van der Waals surface area contributed by atoms with E-state index in [0.29, 0.717) is 16.4 Å². The molecule has 5 heteroatoms. The van der Waals surface area contributed by atoms with Gasteiger partial charge in [0.25, 0.3) is 5.91 Å². The van der Waals surface area contributed by atoms with Crippen LogP contribution in [-0.2, 0) is 4.79 Å². The molecule has 15 heavy (non-hydrogen) atoms.